The van der Waals surface area contributed by atoms with Crippen molar-refractivity contribution in [2.24, 2.45) is 0 Å². The average Bonchev–Trinajstić information content (AvgIpc) is 3.22. The predicted molar refractivity (Wildman–Crippen MR) is 72.8 cm³/mol. The smallest absolute Gasteiger partial charge is 0.179 e. The van der Waals surface area contributed by atoms with E-state index in [9.17, 15) is 0 Å². The normalized spacial score (nSPS) is 14.7. The van der Waals surface area contributed by atoms with Crippen LogP contribution in [0.3, 0.4) is 0 Å². The molecule has 0 unspecified atom stereocenters. The molecule has 92 valence electrons. The quantitative estimate of drug-likeness (QED) is 0.943. The summed E-state index contributed by atoms with van der Waals surface area (Å²) in [5, 5.41) is 3.44. The van der Waals surface area contributed by atoms with E-state index in [-0.39, 0.29) is 0 Å². The molecule has 0 atom stereocenters. The highest BCUT2D eigenvalue weighted by Crippen LogP contribution is 2.22. The number of pyridine rings is 1. The van der Waals surface area contributed by atoms with Gasteiger partial charge in [-0.25, -0.2) is 9.97 Å². The Labute approximate surface area is 114 Å². The van der Waals surface area contributed by atoms with Gasteiger partial charge in [0.1, 0.15) is 5.69 Å². The number of nitrogens with one attached hydrogen (secondary N) is 1. The van der Waals surface area contributed by atoms with Crippen LogP contribution in [0, 0.1) is 0 Å². The Morgan fingerprint density at radius 2 is 2.00 bits per heavy atom. The Hall–Kier alpha value is -1.33. The third-order valence-electron chi connectivity index (χ3n) is 2.85. The fourth-order valence-corrected chi connectivity index (χ4v) is 2.10. The summed E-state index contributed by atoms with van der Waals surface area (Å²) in [6.45, 7) is 0.842. The maximum Gasteiger partial charge on any atom is 0.179 e. The van der Waals surface area contributed by atoms with E-state index in [2.05, 4.69) is 36.2 Å². The van der Waals surface area contributed by atoms with Gasteiger partial charge in [0.2, 0.25) is 0 Å². The molecule has 0 aliphatic heterocycles. The van der Waals surface area contributed by atoms with E-state index in [1.807, 2.05) is 24.5 Å². The van der Waals surface area contributed by atoms with E-state index in [0.717, 1.165) is 22.3 Å². The second-order valence-electron chi connectivity index (χ2n) is 4.40. The number of halogens is 1. The number of hydrogen-bond acceptors (Lipinski definition) is 4. The predicted octanol–water partition coefficient (Wildman–Crippen LogP) is 2.55. The van der Waals surface area contributed by atoms with E-state index in [1.165, 1.54) is 12.8 Å². The van der Waals surface area contributed by atoms with Gasteiger partial charge < -0.3 is 5.32 Å². The fourth-order valence-electron chi connectivity index (χ4n) is 1.67. The first kappa shape index (κ1) is 11.7. The van der Waals surface area contributed by atoms with Crippen molar-refractivity contribution in [1.82, 2.24) is 20.3 Å². The van der Waals surface area contributed by atoms with Gasteiger partial charge in [0, 0.05) is 41.2 Å². The number of aromatic nitrogens is 3. The van der Waals surface area contributed by atoms with Crippen molar-refractivity contribution in [3.05, 3.63) is 40.8 Å². The van der Waals surface area contributed by atoms with Crippen LogP contribution in [-0.2, 0) is 6.54 Å². The highest BCUT2D eigenvalue weighted by molar-refractivity contribution is 9.10. The minimum absolute atomic E-state index is 0.651. The molecule has 5 heteroatoms. The SMILES string of the molecule is Brc1cccnc1-c1ncc(CNC2CC2)cn1. The van der Waals surface area contributed by atoms with Crippen molar-refractivity contribution in [2.75, 3.05) is 0 Å². The zero-order chi connectivity index (χ0) is 12.4. The van der Waals surface area contributed by atoms with Crippen LogP contribution in [0.5, 0.6) is 0 Å². The summed E-state index contributed by atoms with van der Waals surface area (Å²) >= 11 is 3.45. The molecule has 0 saturated heterocycles. The van der Waals surface area contributed by atoms with Gasteiger partial charge in [-0.3, -0.25) is 4.98 Å². The van der Waals surface area contributed by atoms with Crippen molar-refractivity contribution in [1.29, 1.82) is 0 Å². The zero-order valence-electron chi connectivity index (χ0n) is 9.81. The maximum absolute atomic E-state index is 4.36. The van der Waals surface area contributed by atoms with E-state index in [4.69, 9.17) is 0 Å². The van der Waals surface area contributed by atoms with Gasteiger partial charge in [0.05, 0.1) is 0 Å². The molecule has 0 spiro atoms. The first-order valence-electron chi connectivity index (χ1n) is 5.98. The molecular weight excluding hydrogens is 292 g/mol. The Balaban J connectivity index is 1.75. The first-order valence-corrected chi connectivity index (χ1v) is 6.77. The molecule has 1 saturated carbocycles. The maximum atomic E-state index is 4.36. The van der Waals surface area contributed by atoms with E-state index in [1.54, 1.807) is 6.20 Å². The molecular formula is C13H13BrN4. The average molecular weight is 305 g/mol. The van der Waals surface area contributed by atoms with Crippen LogP contribution >= 0.6 is 15.9 Å². The van der Waals surface area contributed by atoms with Crippen LogP contribution in [0.25, 0.3) is 11.5 Å². The molecule has 2 aromatic heterocycles. The Bertz CT molecular complexity index is 537. The lowest BCUT2D eigenvalue weighted by atomic mass is 10.3. The molecule has 4 nitrogen and oxygen atoms in total. The summed E-state index contributed by atoms with van der Waals surface area (Å²) in [6.07, 6.45) is 8.04. The van der Waals surface area contributed by atoms with Gasteiger partial charge in [-0.2, -0.15) is 0 Å². The van der Waals surface area contributed by atoms with Gasteiger partial charge in [-0.1, -0.05) is 0 Å². The Morgan fingerprint density at radius 1 is 1.22 bits per heavy atom. The fraction of sp³-hybridized carbons (Fsp3) is 0.308. The van der Waals surface area contributed by atoms with Crippen molar-refractivity contribution >= 4 is 15.9 Å². The Morgan fingerprint density at radius 3 is 2.67 bits per heavy atom. The summed E-state index contributed by atoms with van der Waals surface area (Å²) in [7, 11) is 0. The van der Waals surface area contributed by atoms with Crippen LogP contribution in [0.15, 0.2) is 35.2 Å². The minimum atomic E-state index is 0.651. The van der Waals surface area contributed by atoms with Crippen molar-refractivity contribution in [3.8, 4) is 11.5 Å². The molecule has 2 aromatic rings. The molecule has 0 bridgehead atoms. The minimum Gasteiger partial charge on any atom is -0.310 e. The molecule has 1 N–H and O–H groups in total. The van der Waals surface area contributed by atoms with Crippen molar-refractivity contribution in [3.63, 3.8) is 0 Å². The lowest BCUT2D eigenvalue weighted by Crippen LogP contribution is -2.15. The highest BCUT2D eigenvalue weighted by atomic mass is 79.9. The van der Waals surface area contributed by atoms with Crippen LogP contribution in [-0.4, -0.2) is 21.0 Å². The largest absolute Gasteiger partial charge is 0.310 e. The van der Waals surface area contributed by atoms with Crippen molar-refractivity contribution < 1.29 is 0 Å². The molecule has 2 heterocycles. The number of hydrogen-bond donors (Lipinski definition) is 1. The summed E-state index contributed by atoms with van der Waals surface area (Å²) in [5.74, 6) is 0.651. The standard InChI is InChI=1S/C13H13BrN4/c14-11-2-1-5-15-12(11)13-17-7-9(8-18-13)6-16-10-3-4-10/h1-2,5,7-8,10,16H,3-4,6H2. The third kappa shape index (κ3) is 2.73. The zero-order valence-corrected chi connectivity index (χ0v) is 11.4. The third-order valence-corrected chi connectivity index (χ3v) is 3.49. The van der Waals surface area contributed by atoms with E-state index >= 15 is 0 Å². The topological polar surface area (TPSA) is 50.7 Å². The summed E-state index contributed by atoms with van der Waals surface area (Å²) in [4.78, 5) is 13.0. The molecule has 1 fully saturated rings. The van der Waals surface area contributed by atoms with Gasteiger partial charge in [-0.05, 0) is 40.9 Å². The lowest BCUT2D eigenvalue weighted by molar-refractivity contribution is 0.683. The van der Waals surface area contributed by atoms with Crippen molar-refractivity contribution in [2.45, 2.75) is 25.4 Å². The van der Waals surface area contributed by atoms with Gasteiger partial charge in [0.25, 0.3) is 0 Å². The summed E-state index contributed by atoms with van der Waals surface area (Å²) in [6, 6.07) is 4.52. The van der Waals surface area contributed by atoms with Crippen LogP contribution in [0.1, 0.15) is 18.4 Å². The molecule has 0 aromatic carbocycles. The molecule has 18 heavy (non-hydrogen) atoms. The van der Waals surface area contributed by atoms with Crippen LogP contribution < -0.4 is 5.32 Å². The number of rotatable bonds is 4. The van der Waals surface area contributed by atoms with Gasteiger partial charge >= 0.3 is 0 Å². The molecule has 1 aliphatic carbocycles. The molecule has 1 aliphatic rings. The Kier molecular flexibility index (Phi) is 3.34. The lowest BCUT2D eigenvalue weighted by Gasteiger charge is -2.04. The van der Waals surface area contributed by atoms with Crippen LogP contribution in [0.4, 0.5) is 0 Å². The van der Waals surface area contributed by atoms with Crippen LogP contribution in [0.2, 0.25) is 0 Å². The van der Waals surface area contributed by atoms with E-state index < -0.39 is 0 Å². The second kappa shape index (κ2) is 5.12. The number of nitrogens with zero attached hydrogens (tertiary/aromatic N) is 3. The van der Waals surface area contributed by atoms with Gasteiger partial charge in [0.15, 0.2) is 5.82 Å². The van der Waals surface area contributed by atoms with E-state index in [0.29, 0.717) is 11.9 Å². The second-order valence-corrected chi connectivity index (χ2v) is 5.26. The monoisotopic (exact) mass is 304 g/mol. The highest BCUT2D eigenvalue weighted by Gasteiger charge is 2.20. The molecule has 3 rings (SSSR count). The first-order chi connectivity index (χ1) is 8.83. The molecule has 0 radical (unpaired) electrons. The van der Waals surface area contributed by atoms with Gasteiger partial charge in [-0.15, -0.1) is 0 Å². The summed E-state index contributed by atoms with van der Waals surface area (Å²) < 4.78 is 0.911. The molecule has 0 amide bonds. The summed E-state index contributed by atoms with van der Waals surface area (Å²) in [5.41, 5.74) is 1.89.